The molecule has 0 saturated heterocycles. The van der Waals surface area contributed by atoms with E-state index in [1.807, 2.05) is 12.2 Å². The Labute approximate surface area is 122 Å². The summed E-state index contributed by atoms with van der Waals surface area (Å²) in [6, 6.07) is 0. The van der Waals surface area contributed by atoms with Crippen LogP contribution in [0.15, 0.2) is 24.8 Å². The van der Waals surface area contributed by atoms with Crippen LogP contribution < -0.4 is 0 Å². The van der Waals surface area contributed by atoms with E-state index in [0.717, 1.165) is 32.1 Å². The summed E-state index contributed by atoms with van der Waals surface area (Å²) in [7, 11) is 0. The van der Waals surface area contributed by atoms with Gasteiger partial charge in [0.05, 0.1) is 6.10 Å². The molecule has 0 aromatic carbocycles. The minimum atomic E-state index is -1.10. The van der Waals surface area contributed by atoms with Crippen molar-refractivity contribution in [3.05, 3.63) is 24.8 Å². The summed E-state index contributed by atoms with van der Waals surface area (Å²) >= 11 is 0. The first kappa shape index (κ1) is 18.5. The van der Waals surface area contributed by atoms with E-state index in [9.17, 15) is 10.2 Å². The van der Waals surface area contributed by atoms with E-state index in [2.05, 4.69) is 30.3 Å². The normalized spacial score (nSPS) is 14.6. The maximum absolute atomic E-state index is 9.51. The molecule has 0 radical (unpaired) electrons. The monoisotopic (exact) mass is 276 g/mol. The molecule has 3 nitrogen and oxygen atoms in total. The minimum Gasteiger partial charge on any atom is -0.390 e. The second-order valence-electron chi connectivity index (χ2n) is 4.52. The molecule has 0 aromatic rings. The number of rotatable bonds is 8. The SMILES string of the molecule is C=CCCCCC/C=C\[C@@H](O)C#CC#C[C@H](O)[C@H](C)O. The second kappa shape index (κ2) is 12.5. The second-order valence-corrected chi connectivity index (χ2v) is 4.52. The first-order valence-corrected chi connectivity index (χ1v) is 6.90. The smallest absolute Gasteiger partial charge is 0.141 e. The van der Waals surface area contributed by atoms with Gasteiger partial charge in [-0.25, -0.2) is 0 Å². The number of allylic oxidation sites excluding steroid dienone is 2. The summed E-state index contributed by atoms with van der Waals surface area (Å²) in [6.45, 7) is 5.11. The van der Waals surface area contributed by atoms with Crippen molar-refractivity contribution in [1.29, 1.82) is 0 Å². The van der Waals surface area contributed by atoms with Crippen molar-refractivity contribution in [2.45, 2.75) is 57.3 Å². The lowest BCUT2D eigenvalue weighted by Gasteiger charge is -2.03. The van der Waals surface area contributed by atoms with E-state index < -0.39 is 18.3 Å². The molecule has 0 fully saturated rings. The van der Waals surface area contributed by atoms with Crippen LogP contribution in [0.3, 0.4) is 0 Å². The molecule has 0 unspecified atom stereocenters. The molecule has 3 N–H and O–H groups in total. The number of unbranched alkanes of at least 4 members (excludes halogenated alkanes) is 4. The van der Waals surface area contributed by atoms with Crippen LogP contribution in [0.1, 0.15) is 39.0 Å². The van der Waals surface area contributed by atoms with Crippen molar-refractivity contribution in [3.63, 3.8) is 0 Å². The largest absolute Gasteiger partial charge is 0.390 e. The van der Waals surface area contributed by atoms with Gasteiger partial charge >= 0.3 is 0 Å². The molecule has 0 amide bonds. The summed E-state index contributed by atoms with van der Waals surface area (Å²) in [4.78, 5) is 0. The summed E-state index contributed by atoms with van der Waals surface area (Å²) in [6.07, 6.45) is 7.97. The quantitative estimate of drug-likeness (QED) is 0.360. The first-order chi connectivity index (χ1) is 9.57. The van der Waals surface area contributed by atoms with Gasteiger partial charge in [0, 0.05) is 0 Å². The van der Waals surface area contributed by atoms with Crippen LogP contribution in [0.5, 0.6) is 0 Å². The van der Waals surface area contributed by atoms with Gasteiger partial charge in [0.25, 0.3) is 0 Å². The third-order valence-corrected chi connectivity index (χ3v) is 2.56. The number of hydrogen-bond donors (Lipinski definition) is 3. The predicted octanol–water partition coefficient (Wildman–Crippen LogP) is 1.79. The number of aliphatic hydroxyl groups excluding tert-OH is 3. The summed E-state index contributed by atoms with van der Waals surface area (Å²) in [5.74, 6) is 9.74. The fourth-order valence-corrected chi connectivity index (χ4v) is 1.34. The average molecular weight is 276 g/mol. The molecule has 0 aliphatic rings. The van der Waals surface area contributed by atoms with Gasteiger partial charge in [-0.3, -0.25) is 0 Å². The summed E-state index contributed by atoms with van der Waals surface area (Å²) < 4.78 is 0. The Morgan fingerprint density at radius 1 is 1.00 bits per heavy atom. The molecular formula is C17H24O3. The fraction of sp³-hybridized carbons (Fsp3) is 0.529. The van der Waals surface area contributed by atoms with E-state index in [0.29, 0.717) is 0 Å². The van der Waals surface area contributed by atoms with E-state index in [1.54, 1.807) is 6.08 Å². The lowest BCUT2D eigenvalue weighted by molar-refractivity contribution is 0.0678. The molecule has 0 aliphatic carbocycles. The van der Waals surface area contributed by atoms with Crippen molar-refractivity contribution in [3.8, 4) is 23.7 Å². The molecule has 0 saturated carbocycles. The Hall–Kier alpha value is -1.52. The molecule has 0 rings (SSSR count). The molecule has 0 heterocycles. The van der Waals surface area contributed by atoms with Gasteiger partial charge < -0.3 is 15.3 Å². The van der Waals surface area contributed by atoms with Gasteiger partial charge in [0.2, 0.25) is 0 Å². The van der Waals surface area contributed by atoms with Crippen molar-refractivity contribution in [1.82, 2.24) is 0 Å². The zero-order valence-electron chi connectivity index (χ0n) is 12.0. The topological polar surface area (TPSA) is 60.7 Å². The maximum atomic E-state index is 9.51. The van der Waals surface area contributed by atoms with Crippen LogP contribution in [-0.4, -0.2) is 33.6 Å². The van der Waals surface area contributed by atoms with Crippen LogP contribution in [0, 0.1) is 23.7 Å². The van der Waals surface area contributed by atoms with Gasteiger partial charge in [-0.15, -0.1) is 6.58 Å². The van der Waals surface area contributed by atoms with Crippen molar-refractivity contribution in [2.24, 2.45) is 0 Å². The Morgan fingerprint density at radius 3 is 2.30 bits per heavy atom. The van der Waals surface area contributed by atoms with Gasteiger partial charge in [-0.2, -0.15) is 0 Å². The third-order valence-electron chi connectivity index (χ3n) is 2.56. The highest BCUT2D eigenvalue weighted by Gasteiger charge is 2.04. The molecule has 20 heavy (non-hydrogen) atoms. The lowest BCUT2D eigenvalue weighted by Crippen LogP contribution is -2.19. The molecule has 0 spiro atoms. The van der Waals surface area contributed by atoms with Crippen LogP contribution in [-0.2, 0) is 0 Å². The molecule has 0 aromatic heterocycles. The fourth-order valence-electron chi connectivity index (χ4n) is 1.34. The Balaban J connectivity index is 3.87. The molecule has 0 aliphatic heterocycles. The minimum absolute atomic E-state index is 0.846. The number of aliphatic hydroxyl groups is 3. The molecule has 3 heteroatoms. The predicted molar refractivity (Wildman–Crippen MR) is 81.7 cm³/mol. The highest BCUT2D eigenvalue weighted by Crippen LogP contribution is 2.04. The lowest BCUT2D eigenvalue weighted by atomic mass is 10.1. The summed E-state index contributed by atoms with van der Waals surface area (Å²) in [5, 5.41) is 27.7. The molecular weight excluding hydrogens is 252 g/mol. The molecule has 110 valence electrons. The molecule has 0 bridgehead atoms. The standard InChI is InChI=1S/C17H24O3/c1-3-4-5-6-7-8-9-12-16(19)13-10-11-14-17(20)15(2)18/h3,9,12,15-20H,1,4-8H2,2H3/b12-9-/t15-,16+,17-/m0/s1. The Morgan fingerprint density at radius 2 is 1.65 bits per heavy atom. The van der Waals surface area contributed by atoms with Crippen LogP contribution in [0.2, 0.25) is 0 Å². The summed E-state index contributed by atoms with van der Waals surface area (Å²) in [5.41, 5.74) is 0. The third kappa shape index (κ3) is 11.6. The Kier molecular flexibility index (Phi) is 11.6. The Bertz CT molecular complexity index is 401. The van der Waals surface area contributed by atoms with Gasteiger partial charge in [-0.05, 0) is 50.5 Å². The van der Waals surface area contributed by atoms with Crippen molar-refractivity contribution < 1.29 is 15.3 Å². The van der Waals surface area contributed by atoms with Gasteiger partial charge in [0.15, 0.2) is 0 Å². The van der Waals surface area contributed by atoms with E-state index in [-0.39, 0.29) is 0 Å². The van der Waals surface area contributed by atoms with Crippen molar-refractivity contribution in [2.75, 3.05) is 0 Å². The van der Waals surface area contributed by atoms with E-state index in [1.165, 1.54) is 6.92 Å². The van der Waals surface area contributed by atoms with E-state index >= 15 is 0 Å². The number of hydrogen-bond acceptors (Lipinski definition) is 3. The zero-order valence-corrected chi connectivity index (χ0v) is 12.0. The van der Waals surface area contributed by atoms with Gasteiger partial charge in [0.1, 0.15) is 12.2 Å². The van der Waals surface area contributed by atoms with Crippen LogP contribution in [0.25, 0.3) is 0 Å². The highest BCUT2D eigenvalue weighted by atomic mass is 16.3. The highest BCUT2D eigenvalue weighted by molar-refractivity contribution is 5.30. The van der Waals surface area contributed by atoms with Crippen LogP contribution in [0.4, 0.5) is 0 Å². The van der Waals surface area contributed by atoms with Crippen LogP contribution >= 0.6 is 0 Å². The average Bonchev–Trinajstić information content (AvgIpc) is 2.42. The molecule has 3 atom stereocenters. The zero-order chi connectivity index (χ0) is 15.2. The van der Waals surface area contributed by atoms with Gasteiger partial charge in [-0.1, -0.05) is 30.4 Å². The maximum Gasteiger partial charge on any atom is 0.141 e. The first-order valence-electron chi connectivity index (χ1n) is 6.90. The van der Waals surface area contributed by atoms with Crippen molar-refractivity contribution >= 4 is 0 Å². The van der Waals surface area contributed by atoms with E-state index in [4.69, 9.17) is 5.11 Å².